The molecule has 0 heterocycles. The van der Waals surface area contributed by atoms with Gasteiger partial charge in [-0.05, 0) is 19.4 Å². The maximum absolute atomic E-state index is 12.0. The summed E-state index contributed by atoms with van der Waals surface area (Å²) in [6.07, 6.45) is 0.351. The Morgan fingerprint density at radius 1 is 1.18 bits per heavy atom. The van der Waals surface area contributed by atoms with E-state index in [0.29, 0.717) is 0 Å². The van der Waals surface area contributed by atoms with E-state index in [0.717, 1.165) is 5.56 Å². The molecule has 0 spiro atoms. The average Bonchev–Trinajstić information content (AvgIpc) is 2.45. The van der Waals surface area contributed by atoms with Crippen LogP contribution in [0, 0.1) is 0 Å². The Bertz CT molecular complexity index is 514. The van der Waals surface area contributed by atoms with Gasteiger partial charge in [0, 0.05) is 19.0 Å². The number of carboxylic acids is 1. The molecule has 0 fully saturated rings. The van der Waals surface area contributed by atoms with E-state index < -0.39 is 5.97 Å². The highest BCUT2D eigenvalue weighted by molar-refractivity contribution is 5.83. The minimum Gasteiger partial charge on any atom is -0.480 e. The minimum atomic E-state index is -1.05. The number of hydrogen-bond donors (Lipinski definition) is 2. The van der Waals surface area contributed by atoms with Crippen LogP contribution in [0.1, 0.15) is 25.8 Å². The van der Waals surface area contributed by atoms with E-state index in [-0.39, 0.29) is 43.8 Å². The van der Waals surface area contributed by atoms with Crippen molar-refractivity contribution in [1.82, 2.24) is 10.2 Å². The van der Waals surface area contributed by atoms with Crippen LogP contribution in [0.3, 0.4) is 0 Å². The first-order valence-electron chi connectivity index (χ1n) is 7.22. The number of carboxylic acid groups (broad SMARTS) is 1. The molecule has 0 atom stereocenters. The van der Waals surface area contributed by atoms with Gasteiger partial charge in [0.25, 0.3) is 0 Å². The zero-order chi connectivity index (χ0) is 16.5. The number of nitrogens with zero attached hydrogens (tertiary/aromatic N) is 1. The van der Waals surface area contributed by atoms with Crippen molar-refractivity contribution in [3.05, 3.63) is 35.9 Å². The monoisotopic (exact) mass is 306 g/mol. The Morgan fingerprint density at radius 2 is 1.82 bits per heavy atom. The number of rotatable bonds is 8. The third-order valence-electron chi connectivity index (χ3n) is 3.12. The molecule has 1 aromatic rings. The van der Waals surface area contributed by atoms with Crippen LogP contribution in [0.25, 0.3) is 0 Å². The zero-order valence-corrected chi connectivity index (χ0v) is 12.9. The quantitative estimate of drug-likeness (QED) is 0.752. The van der Waals surface area contributed by atoms with Gasteiger partial charge in [-0.1, -0.05) is 30.3 Å². The SMILES string of the molecule is CC(C)N(CC(=O)O)C(=O)CCNC(=O)Cc1ccccc1. The predicted octanol–water partition coefficient (Wildman–Crippen LogP) is 1.06. The lowest BCUT2D eigenvalue weighted by atomic mass is 10.1. The van der Waals surface area contributed by atoms with Crippen LogP contribution in [-0.4, -0.2) is 46.9 Å². The highest BCUT2D eigenvalue weighted by atomic mass is 16.4. The third-order valence-corrected chi connectivity index (χ3v) is 3.12. The summed E-state index contributed by atoms with van der Waals surface area (Å²) in [5.74, 6) is -1.49. The Balaban J connectivity index is 2.37. The van der Waals surface area contributed by atoms with Crippen molar-refractivity contribution in [2.45, 2.75) is 32.7 Å². The third kappa shape index (κ3) is 6.39. The summed E-state index contributed by atoms with van der Waals surface area (Å²) in [7, 11) is 0. The first kappa shape index (κ1) is 17.7. The molecular formula is C16H22N2O4. The summed E-state index contributed by atoms with van der Waals surface area (Å²) in [4.78, 5) is 35.7. The second kappa shape index (κ2) is 8.81. The lowest BCUT2D eigenvalue weighted by molar-refractivity contribution is -0.145. The molecule has 0 saturated heterocycles. The number of hydrogen-bond acceptors (Lipinski definition) is 3. The van der Waals surface area contributed by atoms with Gasteiger partial charge in [-0.2, -0.15) is 0 Å². The summed E-state index contributed by atoms with van der Waals surface area (Å²) < 4.78 is 0. The van der Waals surface area contributed by atoms with Crippen LogP contribution in [0.5, 0.6) is 0 Å². The number of nitrogens with one attached hydrogen (secondary N) is 1. The number of carbonyl (C=O) groups excluding carboxylic acids is 2. The van der Waals surface area contributed by atoms with Crippen LogP contribution in [0.15, 0.2) is 30.3 Å². The van der Waals surface area contributed by atoms with Gasteiger partial charge >= 0.3 is 5.97 Å². The molecule has 0 aliphatic rings. The molecule has 2 amide bonds. The fourth-order valence-corrected chi connectivity index (χ4v) is 2.00. The first-order chi connectivity index (χ1) is 10.4. The summed E-state index contributed by atoms with van der Waals surface area (Å²) in [6.45, 7) is 3.39. The molecule has 0 saturated carbocycles. The fourth-order valence-electron chi connectivity index (χ4n) is 2.00. The molecule has 6 heteroatoms. The van der Waals surface area contributed by atoms with Crippen molar-refractivity contribution in [3.63, 3.8) is 0 Å². The Labute approximate surface area is 130 Å². The van der Waals surface area contributed by atoms with E-state index in [1.807, 2.05) is 30.3 Å². The molecular weight excluding hydrogens is 284 g/mol. The summed E-state index contributed by atoms with van der Waals surface area (Å²) in [5, 5.41) is 11.5. The van der Waals surface area contributed by atoms with Gasteiger partial charge in [-0.15, -0.1) is 0 Å². The van der Waals surface area contributed by atoms with E-state index in [2.05, 4.69) is 5.32 Å². The maximum atomic E-state index is 12.0. The number of carbonyl (C=O) groups is 3. The second-order valence-corrected chi connectivity index (χ2v) is 5.27. The van der Waals surface area contributed by atoms with Gasteiger partial charge in [-0.3, -0.25) is 14.4 Å². The van der Waals surface area contributed by atoms with Crippen molar-refractivity contribution in [2.75, 3.05) is 13.1 Å². The average molecular weight is 306 g/mol. The highest BCUT2D eigenvalue weighted by Crippen LogP contribution is 2.02. The van der Waals surface area contributed by atoms with Gasteiger partial charge in [-0.25, -0.2) is 0 Å². The molecule has 0 aromatic heterocycles. The molecule has 0 bridgehead atoms. The van der Waals surface area contributed by atoms with Gasteiger partial charge in [0.1, 0.15) is 6.54 Å². The standard InChI is InChI=1S/C16H22N2O4/c1-12(2)18(11-16(21)22)15(20)8-9-17-14(19)10-13-6-4-3-5-7-13/h3-7,12H,8-11H2,1-2H3,(H,17,19)(H,21,22). The van der Waals surface area contributed by atoms with Crippen LogP contribution in [-0.2, 0) is 20.8 Å². The molecule has 0 radical (unpaired) electrons. The minimum absolute atomic E-state index is 0.0893. The van der Waals surface area contributed by atoms with Crippen molar-refractivity contribution >= 4 is 17.8 Å². The molecule has 2 N–H and O–H groups in total. The van der Waals surface area contributed by atoms with Gasteiger partial charge in [0.15, 0.2) is 0 Å². The predicted molar refractivity (Wildman–Crippen MR) is 82.3 cm³/mol. The highest BCUT2D eigenvalue weighted by Gasteiger charge is 2.19. The van der Waals surface area contributed by atoms with E-state index >= 15 is 0 Å². The van der Waals surface area contributed by atoms with Crippen LogP contribution >= 0.6 is 0 Å². The van der Waals surface area contributed by atoms with E-state index in [4.69, 9.17) is 5.11 Å². The lowest BCUT2D eigenvalue weighted by Gasteiger charge is -2.24. The molecule has 0 aliphatic carbocycles. The second-order valence-electron chi connectivity index (χ2n) is 5.27. The Kier molecular flexibility index (Phi) is 7.08. The van der Waals surface area contributed by atoms with Crippen molar-refractivity contribution in [3.8, 4) is 0 Å². The zero-order valence-electron chi connectivity index (χ0n) is 12.9. The molecule has 120 valence electrons. The van der Waals surface area contributed by atoms with Gasteiger partial charge in [0.05, 0.1) is 6.42 Å². The largest absolute Gasteiger partial charge is 0.480 e. The fraction of sp³-hybridized carbons (Fsp3) is 0.438. The van der Waals surface area contributed by atoms with Crippen molar-refractivity contribution in [2.24, 2.45) is 0 Å². The van der Waals surface area contributed by atoms with Crippen molar-refractivity contribution < 1.29 is 19.5 Å². The number of benzene rings is 1. The normalized spacial score (nSPS) is 10.3. The molecule has 0 aliphatic heterocycles. The van der Waals surface area contributed by atoms with Crippen molar-refractivity contribution in [1.29, 1.82) is 0 Å². The Hall–Kier alpha value is -2.37. The van der Waals surface area contributed by atoms with Crippen LogP contribution in [0.4, 0.5) is 0 Å². The first-order valence-corrected chi connectivity index (χ1v) is 7.22. The maximum Gasteiger partial charge on any atom is 0.323 e. The van der Waals surface area contributed by atoms with E-state index in [1.165, 1.54) is 4.90 Å². The molecule has 1 rings (SSSR count). The van der Waals surface area contributed by atoms with Gasteiger partial charge in [0.2, 0.25) is 11.8 Å². The molecule has 0 unspecified atom stereocenters. The van der Waals surface area contributed by atoms with Crippen LogP contribution < -0.4 is 5.32 Å². The molecule has 1 aromatic carbocycles. The Morgan fingerprint density at radius 3 is 2.36 bits per heavy atom. The topological polar surface area (TPSA) is 86.7 Å². The lowest BCUT2D eigenvalue weighted by Crippen LogP contribution is -2.42. The smallest absolute Gasteiger partial charge is 0.323 e. The van der Waals surface area contributed by atoms with Crippen LogP contribution in [0.2, 0.25) is 0 Å². The summed E-state index contributed by atoms with van der Waals surface area (Å²) >= 11 is 0. The molecule has 22 heavy (non-hydrogen) atoms. The van der Waals surface area contributed by atoms with E-state index in [9.17, 15) is 14.4 Å². The van der Waals surface area contributed by atoms with E-state index in [1.54, 1.807) is 13.8 Å². The molecule has 6 nitrogen and oxygen atoms in total. The number of aliphatic carboxylic acids is 1. The van der Waals surface area contributed by atoms with Gasteiger partial charge < -0.3 is 15.3 Å². The summed E-state index contributed by atoms with van der Waals surface area (Å²) in [5.41, 5.74) is 0.904. The summed E-state index contributed by atoms with van der Waals surface area (Å²) in [6, 6.07) is 9.12. The number of amides is 2.